The molecule has 0 bridgehead atoms. The van der Waals surface area contributed by atoms with Crippen LogP contribution < -0.4 is 9.60 Å². The van der Waals surface area contributed by atoms with Gasteiger partial charge in [-0.05, 0) is 30.3 Å². The first kappa shape index (κ1) is 17.2. The Bertz CT molecular complexity index is 1170. The lowest BCUT2D eigenvalue weighted by molar-refractivity contribution is 0.0977. The zero-order valence-corrected chi connectivity index (χ0v) is 14.2. The second-order valence-electron chi connectivity index (χ2n) is 5.12. The van der Waals surface area contributed by atoms with Gasteiger partial charge in [0.15, 0.2) is 0 Å². The van der Waals surface area contributed by atoms with Crippen molar-refractivity contribution in [2.24, 2.45) is 7.05 Å². The van der Waals surface area contributed by atoms with Crippen molar-refractivity contribution in [2.45, 2.75) is 4.90 Å². The number of thiazole rings is 1. The highest BCUT2D eigenvalue weighted by molar-refractivity contribution is 7.90. The Labute approximate surface area is 144 Å². The number of nitrogens with one attached hydrogen (secondary N) is 1. The fourth-order valence-corrected chi connectivity index (χ4v) is 4.18. The third kappa shape index (κ3) is 3.17. The number of amides is 1. The molecule has 0 atom stereocenters. The van der Waals surface area contributed by atoms with Crippen LogP contribution in [0.15, 0.2) is 46.1 Å². The maximum Gasteiger partial charge on any atom is 0.307 e. The molecule has 0 aliphatic carbocycles. The quantitative estimate of drug-likeness (QED) is 0.749. The number of benzene rings is 2. The van der Waals surface area contributed by atoms with E-state index in [0.29, 0.717) is 16.3 Å². The van der Waals surface area contributed by atoms with Crippen molar-refractivity contribution in [3.63, 3.8) is 0 Å². The number of sulfonamides is 1. The molecule has 0 saturated carbocycles. The molecule has 130 valence electrons. The van der Waals surface area contributed by atoms with Crippen molar-refractivity contribution in [1.82, 2.24) is 9.29 Å². The molecule has 0 fully saturated rings. The van der Waals surface area contributed by atoms with Crippen LogP contribution in [0.2, 0.25) is 0 Å². The minimum Gasteiger partial charge on any atom is -0.302 e. The fraction of sp³-hybridized carbons (Fsp3) is 0.0667. The van der Waals surface area contributed by atoms with E-state index in [1.54, 1.807) is 11.8 Å². The van der Waals surface area contributed by atoms with Gasteiger partial charge in [-0.25, -0.2) is 21.9 Å². The van der Waals surface area contributed by atoms with Gasteiger partial charge in [-0.15, -0.1) is 0 Å². The molecule has 6 nitrogen and oxygen atoms in total. The van der Waals surface area contributed by atoms with Crippen LogP contribution in [0.1, 0.15) is 10.4 Å². The molecular weight excluding hydrogens is 374 g/mol. The Morgan fingerprint density at radius 3 is 2.56 bits per heavy atom. The topological polar surface area (TPSA) is 85.2 Å². The maximum absolute atomic E-state index is 13.6. The van der Waals surface area contributed by atoms with E-state index >= 15 is 0 Å². The number of aryl methyl sites for hydroxylation is 1. The van der Waals surface area contributed by atoms with Crippen LogP contribution in [0.5, 0.6) is 0 Å². The minimum absolute atomic E-state index is 0.252. The van der Waals surface area contributed by atoms with E-state index in [1.165, 1.54) is 22.8 Å². The summed E-state index contributed by atoms with van der Waals surface area (Å²) in [6.07, 6.45) is 0. The summed E-state index contributed by atoms with van der Waals surface area (Å²) in [5.41, 5.74) is -0.0553. The summed E-state index contributed by atoms with van der Waals surface area (Å²) in [7, 11) is -2.74. The lowest BCUT2D eigenvalue weighted by atomic mass is 10.2. The number of halogens is 2. The van der Waals surface area contributed by atoms with Crippen LogP contribution in [-0.2, 0) is 17.1 Å². The van der Waals surface area contributed by atoms with E-state index < -0.39 is 33.1 Å². The summed E-state index contributed by atoms with van der Waals surface area (Å²) < 4.78 is 54.6. The minimum atomic E-state index is -4.29. The third-order valence-corrected chi connectivity index (χ3v) is 5.80. The summed E-state index contributed by atoms with van der Waals surface area (Å²) in [4.78, 5) is 23.1. The van der Waals surface area contributed by atoms with Gasteiger partial charge in [0.25, 0.3) is 15.9 Å². The predicted molar refractivity (Wildman–Crippen MR) is 88.1 cm³/mol. The number of hydrogen-bond acceptors (Lipinski definition) is 5. The normalized spacial score (nSPS) is 11.6. The van der Waals surface area contributed by atoms with Gasteiger partial charge in [-0.1, -0.05) is 11.3 Å². The highest BCUT2D eigenvalue weighted by Gasteiger charge is 2.22. The van der Waals surface area contributed by atoms with Crippen molar-refractivity contribution >= 4 is 37.5 Å². The Balaban J connectivity index is 1.96. The molecule has 3 rings (SSSR count). The summed E-state index contributed by atoms with van der Waals surface area (Å²) in [5.74, 6) is -3.29. The number of fused-ring (bicyclic) bond motifs is 1. The predicted octanol–water partition coefficient (Wildman–Crippen LogP) is 2.00. The van der Waals surface area contributed by atoms with Gasteiger partial charge in [0, 0.05) is 13.1 Å². The third-order valence-electron chi connectivity index (χ3n) is 3.48. The van der Waals surface area contributed by atoms with Crippen LogP contribution in [0.4, 0.5) is 8.78 Å². The van der Waals surface area contributed by atoms with Gasteiger partial charge in [0.1, 0.15) is 11.6 Å². The fourth-order valence-electron chi connectivity index (χ4n) is 2.19. The van der Waals surface area contributed by atoms with Crippen molar-refractivity contribution in [3.05, 3.63) is 63.3 Å². The number of carbonyl (C=O) groups is 1. The van der Waals surface area contributed by atoms with Gasteiger partial charge in [0.05, 0.1) is 20.7 Å². The van der Waals surface area contributed by atoms with Gasteiger partial charge in [-0.3, -0.25) is 9.59 Å². The van der Waals surface area contributed by atoms with Crippen molar-refractivity contribution in [1.29, 1.82) is 0 Å². The first-order valence-corrected chi connectivity index (χ1v) is 9.11. The molecule has 1 amide bonds. The molecule has 0 aliphatic rings. The molecule has 3 aromatic rings. The lowest BCUT2D eigenvalue weighted by Crippen LogP contribution is -2.31. The van der Waals surface area contributed by atoms with E-state index in [0.717, 1.165) is 23.5 Å². The van der Waals surface area contributed by atoms with Crippen molar-refractivity contribution in [3.8, 4) is 0 Å². The highest BCUT2D eigenvalue weighted by atomic mass is 32.2. The van der Waals surface area contributed by atoms with Crippen LogP contribution in [0, 0.1) is 11.6 Å². The van der Waals surface area contributed by atoms with Crippen LogP contribution in [0.3, 0.4) is 0 Å². The Morgan fingerprint density at radius 2 is 1.88 bits per heavy atom. The van der Waals surface area contributed by atoms with Gasteiger partial charge < -0.3 is 4.57 Å². The average Bonchev–Trinajstić information content (AvgIpc) is 2.81. The van der Waals surface area contributed by atoms with Crippen molar-refractivity contribution < 1.29 is 22.0 Å². The van der Waals surface area contributed by atoms with E-state index in [9.17, 15) is 26.8 Å². The molecule has 0 unspecified atom stereocenters. The molecule has 0 aliphatic heterocycles. The second kappa shape index (κ2) is 6.05. The zero-order chi connectivity index (χ0) is 18.4. The summed E-state index contributed by atoms with van der Waals surface area (Å²) in [6.45, 7) is 0. The summed E-state index contributed by atoms with van der Waals surface area (Å²) >= 11 is 0.857. The lowest BCUT2D eigenvalue weighted by Gasteiger charge is -2.08. The Morgan fingerprint density at radius 1 is 1.16 bits per heavy atom. The van der Waals surface area contributed by atoms with E-state index in [4.69, 9.17) is 0 Å². The first-order valence-electron chi connectivity index (χ1n) is 6.81. The monoisotopic (exact) mass is 384 g/mol. The molecule has 10 heteroatoms. The zero-order valence-electron chi connectivity index (χ0n) is 12.6. The molecular formula is C15H10F2N2O4S2. The smallest absolute Gasteiger partial charge is 0.302 e. The standard InChI is InChI=1S/C15H10F2N2O4S2/c1-19-12-5-3-9(7-13(12)24-15(19)21)25(22,23)18-14(20)10-4-2-8(16)6-11(10)17/h2-7H,1H3,(H,18,20). The second-order valence-corrected chi connectivity index (χ2v) is 7.79. The number of nitrogens with zero attached hydrogens (tertiary/aromatic N) is 1. The molecule has 0 radical (unpaired) electrons. The largest absolute Gasteiger partial charge is 0.307 e. The van der Waals surface area contributed by atoms with E-state index in [2.05, 4.69) is 0 Å². The van der Waals surface area contributed by atoms with Crippen molar-refractivity contribution in [2.75, 3.05) is 0 Å². The van der Waals surface area contributed by atoms with E-state index in [-0.39, 0.29) is 9.77 Å². The molecule has 25 heavy (non-hydrogen) atoms. The number of rotatable bonds is 3. The van der Waals surface area contributed by atoms with Crippen LogP contribution >= 0.6 is 11.3 Å². The van der Waals surface area contributed by atoms with Gasteiger partial charge in [0.2, 0.25) is 0 Å². The number of carbonyl (C=O) groups excluding carboxylic acids is 1. The van der Waals surface area contributed by atoms with Gasteiger partial charge in [-0.2, -0.15) is 0 Å². The van der Waals surface area contributed by atoms with E-state index in [1.807, 2.05) is 0 Å². The molecule has 1 aromatic heterocycles. The molecule has 1 heterocycles. The van der Waals surface area contributed by atoms with Crippen LogP contribution in [-0.4, -0.2) is 18.9 Å². The molecule has 2 aromatic carbocycles. The number of hydrogen-bond donors (Lipinski definition) is 1. The van der Waals surface area contributed by atoms with Gasteiger partial charge >= 0.3 is 4.87 Å². The Hall–Kier alpha value is -2.59. The Kier molecular flexibility index (Phi) is 4.17. The first-order chi connectivity index (χ1) is 11.7. The number of aromatic nitrogens is 1. The highest BCUT2D eigenvalue weighted by Crippen LogP contribution is 2.21. The molecule has 1 N–H and O–H groups in total. The summed E-state index contributed by atoms with van der Waals surface area (Å²) in [5, 5.41) is 0. The van der Waals surface area contributed by atoms with Crippen LogP contribution in [0.25, 0.3) is 10.2 Å². The maximum atomic E-state index is 13.6. The average molecular weight is 384 g/mol. The SMILES string of the molecule is Cn1c(=O)sc2cc(S(=O)(=O)NC(=O)c3ccc(F)cc3F)ccc21. The molecule has 0 spiro atoms. The summed E-state index contributed by atoms with van der Waals surface area (Å²) in [6, 6.07) is 6.09. The molecule has 0 saturated heterocycles.